The molecule has 1 aliphatic heterocycles. The van der Waals surface area contributed by atoms with Gasteiger partial charge in [0.15, 0.2) is 6.29 Å². The Morgan fingerprint density at radius 3 is 1.49 bits per heavy atom. The number of unbranched alkanes of at least 4 members (excludes halogenated alkanes) is 27. The second-order valence-corrected chi connectivity index (χ2v) is 17.3. The Morgan fingerprint density at radius 2 is 1.00 bits per heavy atom. The van der Waals surface area contributed by atoms with Gasteiger partial charge in [-0.1, -0.05) is 198 Å². The molecule has 7 unspecified atom stereocenters. The highest BCUT2D eigenvalue weighted by molar-refractivity contribution is 5.76. The Bertz CT molecular complexity index is 1020. The fourth-order valence-electron chi connectivity index (χ4n) is 7.72. The molecule has 1 fully saturated rings. The van der Waals surface area contributed by atoms with Gasteiger partial charge in [-0.05, 0) is 51.4 Å². The quantitative estimate of drug-likeness (QED) is 0.0263. The molecule has 0 aliphatic carbocycles. The van der Waals surface area contributed by atoms with E-state index in [0.29, 0.717) is 6.42 Å². The number of allylic oxidation sites excluding steroid dienone is 5. The van der Waals surface area contributed by atoms with E-state index in [9.17, 15) is 30.3 Å². The zero-order chi connectivity index (χ0) is 43.0. The lowest BCUT2D eigenvalue weighted by atomic mass is 9.99. The van der Waals surface area contributed by atoms with E-state index in [-0.39, 0.29) is 12.5 Å². The van der Waals surface area contributed by atoms with Crippen molar-refractivity contribution < 1.29 is 39.8 Å². The number of aliphatic hydroxyl groups excluding tert-OH is 5. The predicted molar refractivity (Wildman–Crippen MR) is 244 cm³/mol. The van der Waals surface area contributed by atoms with Crippen LogP contribution in [0.1, 0.15) is 219 Å². The van der Waals surface area contributed by atoms with Gasteiger partial charge in [-0.25, -0.2) is 0 Å². The summed E-state index contributed by atoms with van der Waals surface area (Å²) in [5.41, 5.74) is 0. The summed E-state index contributed by atoms with van der Waals surface area (Å²) in [5, 5.41) is 53.7. The Kier molecular flexibility index (Phi) is 38.0. The average molecular weight is 836 g/mol. The number of aliphatic hydroxyl groups is 5. The molecule has 1 rings (SSSR count). The third kappa shape index (κ3) is 31.0. The van der Waals surface area contributed by atoms with E-state index in [1.165, 1.54) is 148 Å². The Balaban J connectivity index is 2.03. The highest BCUT2D eigenvalue weighted by Crippen LogP contribution is 2.23. The largest absolute Gasteiger partial charge is 0.394 e. The summed E-state index contributed by atoms with van der Waals surface area (Å²) in [6, 6.07) is -0.798. The first kappa shape index (κ1) is 55.4. The van der Waals surface area contributed by atoms with Gasteiger partial charge in [-0.3, -0.25) is 4.79 Å². The summed E-state index contributed by atoms with van der Waals surface area (Å²) in [6.07, 6.45) is 44.1. The van der Waals surface area contributed by atoms with Crippen molar-refractivity contribution in [3.05, 3.63) is 36.5 Å². The lowest BCUT2D eigenvalue weighted by Crippen LogP contribution is -2.60. The van der Waals surface area contributed by atoms with Crippen molar-refractivity contribution in [2.45, 2.75) is 262 Å². The lowest BCUT2D eigenvalue weighted by molar-refractivity contribution is -0.302. The molecule has 346 valence electrons. The summed E-state index contributed by atoms with van der Waals surface area (Å²) in [6.45, 7) is 3.65. The van der Waals surface area contributed by atoms with Gasteiger partial charge in [0.05, 0.1) is 25.4 Å². The third-order valence-electron chi connectivity index (χ3n) is 11.7. The first-order valence-electron chi connectivity index (χ1n) is 24.7. The number of carbonyl (C=O) groups excluding carboxylic acids is 1. The van der Waals surface area contributed by atoms with Crippen LogP contribution in [0.25, 0.3) is 0 Å². The van der Waals surface area contributed by atoms with Crippen LogP contribution >= 0.6 is 0 Å². The molecule has 0 aromatic rings. The molecule has 7 atom stereocenters. The van der Waals surface area contributed by atoms with Gasteiger partial charge < -0.3 is 40.3 Å². The zero-order valence-corrected chi connectivity index (χ0v) is 38.0. The van der Waals surface area contributed by atoms with Crippen molar-refractivity contribution in [2.24, 2.45) is 0 Å². The van der Waals surface area contributed by atoms with E-state index in [2.05, 4.69) is 43.5 Å². The molecule has 1 amide bonds. The average Bonchev–Trinajstić information content (AvgIpc) is 3.23. The fourth-order valence-corrected chi connectivity index (χ4v) is 7.72. The Hall–Kier alpha value is -1.59. The molecule has 6 N–H and O–H groups in total. The molecule has 1 heterocycles. The second-order valence-electron chi connectivity index (χ2n) is 17.3. The van der Waals surface area contributed by atoms with Crippen LogP contribution in [-0.2, 0) is 14.3 Å². The summed E-state index contributed by atoms with van der Waals surface area (Å²) >= 11 is 0. The number of nitrogens with one attached hydrogen (secondary N) is 1. The second kappa shape index (κ2) is 40.5. The number of amides is 1. The van der Waals surface area contributed by atoms with Crippen LogP contribution in [0.4, 0.5) is 0 Å². The molecule has 59 heavy (non-hydrogen) atoms. The van der Waals surface area contributed by atoms with Gasteiger partial charge in [-0.2, -0.15) is 0 Å². The molecular formula is C50H93NO8. The van der Waals surface area contributed by atoms with E-state index >= 15 is 0 Å². The van der Waals surface area contributed by atoms with Crippen LogP contribution in [-0.4, -0.2) is 87.5 Å². The maximum absolute atomic E-state index is 12.9. The normalized spacial score (nSPS) is 21.0. The molecule has 0 spiro atoms. The van der Waals surface area contributed by atoms with Crippen molar-refractivity contribution >= 4 is 5.91 Å². The molecule has 1 aliphatic rings. The maximum atomic E-state index is 12.9. The number of ether oxygens (including phenoxy) is 2. The van der Waals surface area contributed by atoms with Crippen LogP contribution < -0.4 is 5.32 Å². The molecular weight excluding hydrogens is 743 g/mol. The molecule has 1 saturated heterocycles. The van der Waals surface area contributed by atoms with Crippen LogP contribution in [0.15, 0.2) is 36.5 Å². The topological polar surface area (TPSA) is 149 Å². The minimum absolute atomic E-state index is 0.183. The van der Waals surface area contributed by atoms with E-state index in [1.54, 1.807) is 6.08 Å². The van der Waals surface area contributed by atoms with Crippen molar-refractivity contribution in [3.8, 4) is 0 Å². The first-order chi connectivity index (χ1) is 28.8. The van der Waals surface area contributed by atoms with Gasteiger partial charge in [0.2, 0.25) is 5.91 Å². The summed E-state index contributed by atoms with van der Waals surface area (Å²) in [5.74, 6) is -0.183. The van der Waals surface area contributed by atoms with E-state index in [0.717, 1.165) is 51.4 Å². The van der Waals surface area contributed by atoms with Gasteiger partial charge >= 0.3 is 0 Å². The van der Waals surface area contributed by atoms with Gasteiger partial charge in [-0.15, -0.1) is 0 Å². The maximum Gasteiger partial charge on any atom is 0.220 e. The van der Waals surface area contributed by atoms with Gasteiger partial charge in [0.1, 0.15) is 24.4 Å². The minimum atomic E-state index is -1.56. The molecule has 0 bridgehead atoms. The smallest absolute Gasteiger partial charge is 0.220 e. The molecule has 0 saturated carbocycles. The summed E-state index contributed by atoms with van der Waals surface area (Å²) in [7, 11) is 0. The predicted octanol–water partition coefficient (Wildman–Crippen LogP) is 10.8. The molecule has 0 aromatic heterocycles. The number of hydrogen-bond acceptors (Lipinski definition) is 8. The van der Waals surface area contributed by atoms with Gasteiger partial charge in [0, 0.05) is 6.42 Å². The minimum Gasteiger partial charge on any atom is -0.394 e. The van der Waals surface area contributed by atoms with Crippen molar-refractivity contribution in [1.29, 1.82) is 0 Å². The number of carbonyl (C=O) groups is 1. The van der Waals surface area contributed by atoms with E-state index in [4.69, 9.17) is 9.47 Å². The van der Waals surface area contributed by atoms with Gasteiger partial charge in [0.25, 0.3) is 0 Å². The molecule has 9 nitrogen and oxygen atoms in total. The SMILES string of the molecule is CCCCC/C=C/C(O)C(COC1OC(CO)C(O)C(O)C1O)NC(=O)CCCCCCCCCCCCCCCCCCCCC/C=C\C/C=C\CCCCCCC. The van der Waals surface area contributed by atoms with Crippen molar-refractivity contribution in [1.82, 2.24) is 5.32 Å². The Labute approximate surface area is 361 Å². The highest BCUT2D eigenvalue weighted by Gasteiger charge is 2.44. The summed E-state index contributed by atoms with van der Waals surface area (Å²) < 4.78 is 11.1. The molecule has 9 heteroatoms. The fraction of sp³-hybridized carbons (Fsp3) is 0.860. The third-order valence-corrected chi connectivity index (χ3v) is 11.7. The van der Waals surface area contributed by atoms with Crippen LogP contribution in [0.2, 0.25) is 0 Å². The Morgan fingerprint density at radius 1 is 0.576 bits per heavy atom. The molecule has 0 aromatic carbocycles. The summed E-state index contributed by atoms with van der Waals surface area (Å²) in [4.78, 5) is 12.9. The van der Waals surface area contributed by atoms with Crippen LogP contribution in [0.5, 0.6) is 0 Å². The number of rotatable bonds is 41. The standard InChI is InChI=1S/C50H93NO8/c1-3-5-7-9-10-11-12-13-14-15-16-17-18-19-20-21-22-23-24-25-26-27-28-29-30-31-32-33-34-36-38-40-46(54)51-43(44(53)39-37-35-8-6-4-2)42-58-50-49(57)48(56)47(55)45(41-52)59-50/h12-13,15-16,37,39,43-45,47-50,52-53,55-57H,3-11,14,17-36,38,40-42H2,1-2H3,(H,51,54)/b13-12-,16-15-,39-37+. The molecule has 0 radical (unpaired) electrons. The highest BCUT2D eigenvalue weighted by atomic mass is 16.7. The van der Waals surface area contributed by atoms with E-state index in [1.807, 2.05) is 6.08 Å². The number of hydrogen-bond donors (Lipinski definition) is 6. The van der Waals surface area contributed by atoms with Crippen LogP contribution in [0, 0.1) is 0 Å². The van der Waals surface area contributed by atoms with E-state index < -0.39 is 49.5 Å². The zero-order valence-electron chi connectivity index (χ0n) is 38.0. The lowest BCUT2D eigenvalue weighted by Gasteiger charge is -2.40. The first-order valence-corrected chi connectivity index (χ1v) is 24.7. The van der Waals surface area contributed by atoms with Crippen LogP contribution in [0.3, 0.4) is 0 Å². The van der Waals surface area contributed by atoms with Crippen molar-refractivity contribution in [3.63, 3.8) is 0 Å². The monoisotopic (exact) mass is 836 g/mol. The van der Waals surface area contributed by atoms with Crippen molar-refractivity contribution in [2.75, 3.05) is 13.2 Å².